The van der Waals surface area contributed by atoms with Crippen LogP contribution in [-0.2, 0) is 10.9 Å². The largest absolute Gasteiger partial charge is 0.462 e. The van der Waals surface area contributed by atoms with Gasteiger partial charge in [0.05, 0.1) is 24.2 Å². The van der Waals surface area contributed by atoms with Gasteiger partial charge in [0, 0.05) is 10.0 Å². The number of carbonyl (C=O) groups excluding carboxylic acids is 2. The number of ether oxygens (including phenoxy) is 1. The van der Waals surface area contributed by atoms with Crippen molar-refractivity contribution in [1.82, 2.24) is 9.78 Å². The van der Waals surface area contributed by atoms with E-state index in [1.54, 1.807) is 24.3 Å². The van der Waals surface area contributed by atoms with Crippen molar-refractivity contribution < 1.29 is 27.5 Å². The quantitative estimate of drug-likeness (QED) is 0.515. The zero-order chi connectivity index (χ0) is 21.9. The molecule has 0 unspecified atom stereocenters. The van der Waals surface area contributed by atoms with Gasteiger partial charge in [-0.1, -0.05) is 12.1 Å². The number of hydrogen-bond acceptors (Lipinski definition) is 4. The first-order valence-corrected chi connectivity index (χ1v) is 9.50. The number of alkyl halides is 3. The van der Waals surface area contributed by atoms with Crippen molar-refractivity contribution >= 4 is 33.5 Å². The lowest BCUT2D eigenvalue weighted by molar-refractivity contribution is -0.143. The Morgan fingerprint density at radius 2 is 1.80 bits per heavy atom. The van der Waals surface area contributed by atoms with Gasteiger partial charge < -0.3 is 10.1 Å². The molecule has 1 amide bonds. The lowest BCUT2D eigenvalue weighted by Crippen LogP contribution is -2.18. The number of benzene rings is 2. The van der Waals surface area contributed by atoms with Crippen LogP contribution in [0.3, 0.4) is 0 Å². The Morgan fingerprint density at radius 1 is 1.13 bits per heavy atom. The summed E-state index contributed by atoms with van der Waals surface area (Å²) >= 11 is 3.32. The van der Waals surface area contributed by atoms with Crippen LogP contribution in [0.4, 0.5) is 18.9 Å². The zero-order valence-corrected chi connectivity index (χ0v) is 17.1. The van der Waals surface area contributed by atoms with Crippen LogP contribution in [0.25, 0.3) is 5.69 Å². The highest BCUT2D eigenvalue weighted by Gasteiger charge is 2.41. The molecule has 0 saturated carbocycles. The molecule has 1 aromatic heterocycles. The second-order valence-corrected chi connectivity index (χ2v) is 6.87. The molecule has 3 aromatic rings. The van der Waals surface area contributed by atoms with Crippen LogP contribution in [0.1, 0.15) is 33.3 Å². The van der Waals surface area contributed by atoms with E-state index in [0.29, 0.717) is 14.8 Å². The van der Waals surface area contributed by atoms with Gasteiger partial charge in [0.15, 0.2) is 5.69 Å². The van der Waals surface area contributed by atoms with E-state index in [9.17, 15) is 22.8 Å². The molecule has 0 aliphatic heterocycles. The molecular weight excluding hydrogens is 467 g/mol. The summed E-state index contributed by atoms with van der Waals surface area (Å²) < 4.78 is 46.7. The smallest absolute Gasteiger partial charge is 0.434 e. The first kappa shape index (κ1) is 21.6. The third kappa shape index (κ3) is 4.54. The maximum Gasteiger partial charge on any atom is 0.434 e. The van der Waals surface area contributed by atoms with Gasteiger partial charge in [-0.15, -0.1) is 0 Å². The molecular formula is C20H15BrF3N3O3. The number of rotatable bonds is 5. The Kier molecular flexibility index (Phi) is 6.25. The maximum absolute atomic E-state index is 13.6. The Hall–Kier alpha value is -3.14. The Bertz CT molecular complexity index is 1080. The van der Waals surface area contributed by atoms with Crippen LogP contribution in [0.2, 0.25) is 0 Å². The lowest BCUT2D eigenvalue weighted by Gasteiger charge is -2.13. The van der Waals surface area contributed by atoms with Crippen LogP contribution in [0, 0.1) is 0 Å². The number of aromatic nitrogens is 2. The van der Waals surface area contributed by atoms with Crippen LogP contribution in [0.15, 0.2) is 59.2 Å². The minimum atomic E-state index is -4.84. The fraction of sp³-hybridized carbons (Fsp3) is 0.150. The van der Waals surface area contributed by atoms with E-state index in [4.69, 9.17) is 0 Å². The summed E-state index contributed by atoms with van der Waals surface area (Å²) in [6.45, 7) is 1.43. The van der Waals surface area contributed by atoms with Crippen molar-refractivity contribution in [1.29, 1.82) is 0 Å². The van der Waals surface area contributed by atoms with Gasteiger partial charge in [-0.2, -0.15) is 18.3 Å². The summed E-state index contributed by atoms with van der Waals surface area (Å²) in [6, 6.07) is 12.4. The maximum atomic E-state index is 13.6. The first-order chi connectivity index (χ1) is 14.2. The average Bonchev–Trinajstić information content (AvgIpc) is 3.16. The SMILES string of the molecule is CCOC(=O)c1cnn(-c2ccc(C(=O)Nc3ccccc3Br)cc2)c1C(F)(F)F. The molecule has 0 aliphatic carbocycles. The van der Waals surface area contributed by atoms with E-state index < -0.39 is 29.3 Å². The molecule has 6 nitrogen and oxygen atoms in total. The van der Waals surface area contributed by atoms with Gasteiger partial charge in [-0.3, -0.25) is 4.79 Å². The minimum absolute atomic E-state index is 0.0373. The van der Waals surface area contributed by atoms with Gasteiger partial charge in [-0.25, -0.2) is 9.48 Å². The molecule has 0 spiro atoms. The Morgan fingerprint density at radius 3 is 2.40 bits per heavy atom. The molecule has 156 valence electrons. The number of esters is 1. The van der Waals surface area contributed by atoms with E-state index in [1.807, 2.05) is 0 Å². The van der Waals surface area contributed by atoms with Crippen molar-refractivity contribution in [3.63, 3.8) is 0 Å². The molecule has 1 heterocycles. The number of nitrogens with one attached hydrogen (secondary N) is 1. The highest BCUT2D eigenvalue weighted by Crippen LogP contribution is 2.34. The molecule has 0 saturated heterocycles. The molecule has 3 rings (SSSR count). The number of carbonyl (C=O) groups is 2. The van der Waals surface area contributed by atoms with E-state index in [2.05, 4.69) is 31.1 Å². The lowest BCUT2D eigenvalue weighted by atomic mass is 10.1. The summed E-state index contributed by atoms with van der Waals surface area (Å²) in [5, 5.41) is 6.40. The van der Waals surface area contributed by atoms with Crippen molar-refractivity contribution in [3.8, 4) is 5.69 Å². The number of amides is 1. The summed E-state index contributed by atoms with van der Waals surface area (Å²) in [5.74, 6) is -1.54. The third-order valence-electron chi connectivity index (χ3n) is 4.03. The van der Waals surface area contributed by atoms with Gasteiger partial charge in [-0.05, 0) is 59.3 Å². The van der Waals surface area contributed by atoms with Crippen LogP contribution >= 0.6 is 15.9 Å². The summed E-state index contributed by atoms with van der Waals surface area (Å²) in [4.78, 5) is 24.3. The number of para-hydroxylation sites is 1. The molecule has 0 aliphatic rings. The predicted octanol–water partition coefficient (Wildman–Crippen LogP) is 5.08. The topological polar surface area (TPSA) is 73.2 Å². The predicted molar refractivity (Wildman–Crippen MR) is 107 cm³/mol. The van der Waals surface area contributed by atoms with Crippen LogP contribution < -0.4 is 5.32 Å². The summed E-state index contributed by atoms with van der Waals surface area (Å²) in [5.41, 5.74) is -1.10. The number of hydrogen-bond donors (Lipinski definition) is 1. The number of anilines is 1. The molecule has 0 bridgehead atoms. The molecule has 2 aromatic carbocycles. The Labute approximate surface area is 177 Å². The average molecular weight is 482 g/mol. The van der Waals surface area contributed by atoms with Gasteiger partial charge in [0.1, 0.15) is 5.56 Å². The van der Waals surface area contributed by atoms with Gasteiger partial charge in [0.25, 0.3) is 5.91 Å². The van der Waals surface area contributed by atoms with Crippen molar-refractivity contribution in [2.24, 2.45) is 0 Å². The number of nitrogens with zero attached hydrogens (tertiary/aromatic N) is 2. The van der Waals surface area contributed by atoms with Crippen molar-refractivity contribution in [2.75, 3.05) is 11.9 Å². The fourth-order valence-corrected chi connectivity index (χ4v) is 3.07. The molecule has 30 heavy (non-hydrogen) atoms. The Balaban J connectivity index is 1.90. The van der Waals surface area contributed by atoms with Crippen LogP contribution in [0.5, 0.6) is 0 Å². The fourth-order valence-electron chi connectivity index (χ4n) is 2.69. The van der Waals surface area contributed by atoms with E-state index >= 15 is 0 Å². The molecule has 0 atom stereocenters. The second-order valence-electron chi connectivity index (χ2n) is 6.02. The number of halogens is 4. The molecule has 0 fully saturated rings. The van der Waals surface area contributed by atoms with E-state index in [0.717, 1.165) is 6.20 Å². The standard InChI is InChI=1S/C20H15BrF3N3O3/c1-2-30-19(29)14-11-25-27(17(14)20(22,23)24)13-9-7-12(8-10-13)18(28)26-16-6-4-3-5-15(16)21/h3-11H,2H2,1H3,(H,26,28). The van der Waals surface area contributed by atoms with E-state index in [1.165, 1.54) is 31.2 Å². The molecule has 0 radical (unpaired) electrons. The van der Waals surface area contributed by atoms with Crippen LogP contribution in [-0.4, -0.2) is 28.3 Å². The second kappa shape index (κ2) is 8.70. The molecule has 1 N–H and O–H groups in total. The minimum Gasteiger partial charge on any atom is -0.462 e. The normalized spacial score (nSPS) is 11.2. The first-order valence-electron chi connectivity index (χ1n) is 8.71. The van der Waals surface area contributed by atoms with E-state index in [-0.39, 0.29) is 17.9 Å². The summed E-state index contributed by atoms with van der Waals surface area (Å²) in [7, 11) is 0. The highest BCUT2D eigenvalue weighted by molar-refractivity contribution is 9.10. The molecule has 10 heteroatoms. The zero-order valence-electron chi connectivity index (χ0n) is 15.5. The summed E-state index contributed by atoms with van der Waals surface area (Å²) in [6.07, 6.45) is -4.03. The monoisotopic (exact) mass is 481 g/mol. The third-order valence-corrected chi connectivity index (χ3v) is 4.72. The van der Waals surface area contributed by atoms with Crippen molar-refractivity contribution in [3.05, 3.63) is 76.0 Å². The van der Waals surface area contributed by atoms with Gasteiger partial charge in [0.2, 0.25) is 0 Å². The highest BCUT2D eigenvalue weighted by atomic mass is 79.9. The van der Waals surface area contributed by atoms with Crippen molar-refractivity contribution in [2.45, 2.75) is 13.1 Å². The van der Waals surface area contributed by atoms with Gasteiger partial charge >= 0.3 is 12.1 Å².